The van der Waals surface area contributed by atoms with Crippen LogP contribution in [0.4, 0.5) is 32.0 Å². The molecule has 0 atom stereocenters. The number of methoxy groups -OCH3 is 1. The first kappa shape index (κ1) is 15.1. The molecule has 0 spiro atoms. The molecule has 0 aliphatic heterocycles. The second-order valence-corrected chi connectivity index (χ2v) is 3.29. The molecular weight excluding hydrogens is 276 g/mol. The van der Waals surface area contributed by atoms with E-state index in [1.54, 1.807) is 0 Å². The third kappa shape index (κ3) is 4.33. The molecule has 0 aliphatic rings. The van der Waals surface area contributed by atoms with E-state index in [0.717, 1.165) is 5.87 Å². The summed E-state index contributed by atoms with van der Waals surface area (Å²) < 4.78 is 77.6. The van der Waals surface area contributed by atoms with Crippen LogP contribution in [0, 0.1) is 0 Å². The van der Waals surface area contributed by atoms with Crippen molar-refractivity contribution in [2.75, 3.05) is 7.11 Å². The van der Waals surface area contributed by atoms with Gasteiger partial charge in [-0.3, -0.25) is 0 Å². The van der Waals surface area contributed by atoms with Gasteiger partial charge in [-0.1, -0.05) is 0 Å². The molecule has 0 bridgehead atoms. The van der Waals surface area contributed by atoms with Gasteiger partial charge in [0.25, 0.3) is 0 Å². The number of nitrogens with zero attached hydrogens (tertiary/aromatic N) is 1. The normalized spacial score (nSPS) is 11.7. The van der Waals surface area contributed by atoms with E-state index in [0.29, 0.717) is 5.75 Å². The second kappa shape index (κ2) is 5.36. The molecule has 0 aliphatic carbocycles. The van der Waals surface area contributed by atoms with Gasteiger partial charge < -0.3 is 4.74 Å². The summed E-state index contributed by atoms with van der Waals surface area (Å²) in [6.45, 7) is 0. The molecular formula is C11H7F6NO. The molecule has 1 aromatic rings. The lowest BCUT2D eigenvalue weighted by Crippen LogP contribution is -2.26. The van der Waals surface area contributed by atoms with E-state index in [2.05, 4.69) is 4.99 Å². The molecule has 19 heavy (non-hydrogen) atoms. The lowest BCUT2D eigenvalue weighted by molar-refractivity contribution is -0.169. The van der Waals surface area contributed by atoms with Crippen molar-refractivity contribution in [3.05, 3.63) is 29.8 Å². The monoisotopic (exact) mass is 283 g/mol. The molecule has 8 heteroatoms. The number of rotatable bonds is 2. The van der Waals surface area contributed by atoms with E-state index >= 15 is 0 Å². The summed E-state index contributed by atoms with van der Waals surface area (Å²) in [5.41, 5.74) is -2.89. The van der Waals surface area contributed by atoms with Gasteiger partial charge in [-0.2, -0.15) is 26.3 Å². The van der Waals surface area contributed by atoms with Gasteiger partial charge in [-0.25, -0.2) is 4.99 Å². The van der Waals surface area contributed by atoms with E-state index < -0.39 is 17.9 Å². The summed E-state index contributed by atoms with van der Waals surface area (Å²) >= 11 is 0. The van der Waals surface area contributed by atoms with Crippen molar-refractivity contribution in [1.29, 1.82) is 0 Å². The minimum atomic E-state index is -5.56. The Balaban J connectivity index is 3.17. The summed E-state index contributed by atoms with van der Waals surface area (Å²) in [5.74, 6) is 1.40. The van der Waals surface area contributed by atoms with Gasteiger partial charge >= 0.3 is 12.4 Å². The van der Waals surface area contributed by atoms with E-state index in [1.807, 2.05) is 0 Å². The standard InChI is InChI=1S/C11H7F6NO/c1-19-8-4-2-7(3-5-8)18-6-9(10(12,13)14)11(15,16)17/h2-5H,1H3. The zero-order chi connectivity index (χ0) is 14.7. The molecule has 1 rings (SSSR count). The predicted octanol–water partition coefficient (Wildman–Crippen LogP) is 4.05. The Morgan fingerprint density at radius 3 is 1.84 bits per heavy atom. The lowest BCUT2D eigenvalue weighted by atomic mass is 10.3. The zero-order valence-corrected chi connectivity index (χ0v) is 9.43. The molecule has 0 saturated carbocycles. The highest BCUT2D eigenvalue weighted by Crippen LogP contribution is 2.36. The Labute approximate surface area is 104 Å². The number of halogens is 6. The Morgan fingerprint density at radius 1 is 1.00 bits per heavy atom. The third-order valence-corrected chi connectivity index (χ3v) is 1.94. The van der Waals surface area contributed by atoms with Crippen molar-refractivity contribution in [2.24, 2.45) is 4.99 Å². The van der Waals surface area contributed by atoms with Gasteiger partial charge in [0.1, 0.15) is 5.75 Å². The topological polar surface area (TPSA) is 21.6 Å². The molecule has 0 N–H and O–H groups in total. The van der Waals surface area contributed by atoms with Crippen molar-refractivity contribution in [1.82, 2.24) is 0 Å². The van der Waals surface area contributed by atoms with Gasteiger partial charge in [-0.15, -0.1) is 0 Å². The third-order valence-electron chi connectivity index (χ3n) is 1.94. The highest BCUT2D eigenvalue weighted by Gasteiger charge is 2.51. The Kier molecular flexibility index (Phi) is 4.26. The minimum Gasteiger partial charge on any atom is -0.497 e. The average Bonchev–Trinajstić information content (AvgIpc) is 2.26. The molecule has 0 amide bonds. The Bertz CT molecular complexity index is 477. The molecule has 0 radical (unpaired) electrons. The first-order chi connectivity index (χ1) is 8.64. The minimum absolute atomic E-state index is 0.105. The molecule has 0 saturated heterocycles. The van der Waals surface area contributed by atoms with Crippen LogP contribution in [0.5, 0.6) is 5.75 Å². The number of ether oxygens (including phenoxy) is 1. The first-order valence-electron chi connectivity index (χ1n) is 4.76. The van der Waals surface area contributed by atoms with Crippen molar-refractivity contribution < 1.29 is 31.1 Å². The van der Waals surface area contributed by atoms with Crippen LogP contribution in [0.1, 0.15) is 0 Å². The van der Waals surface area contributed by atoms with Crippen LogP contribution in [0.15, 0.2) is 34.8 Å². The van der Waals surface area contributed by atoms with Crippen molar-refractivity contribution in [3.63, 3.8) is 0 Å². The fourth-order valence-electron chi connectivity index (χ4n) is 1.06. The van der Waals surface area contributed by atoms with E-state index in [4.69, 9.17) is 4.74 Å². The maximum atomic E-state index is 12.1. The molecule has 0 unspecified atom stereocenters. The molecule has 0 fully saturated rings. The van der Waals surface area contributed by atoms with Crippen molar-refractivity contribution in [3.8, 4) is 5.75 Å². The van der Waals surface area contributed by atoms with Crippen LogP contribution in [0.25, 0.3) is 0 Å². The number of hydrogen-bond donors (Lipinski definition) is 0. The highest BCUT2D eigenvalue weighted by atomic mass is 19.4. The van der Waals surface area contributed by atoms with E-state index in [-0.39, 0.29) is 5.69 Å². The number of benzene rings is 1. The van der Waals surface area contributed by atoms with Crippen LogP contribution in [0.3, 0.4) is 0 Å². The fraction of sp³-hybridized carbons (Fsp3) is 0.273. The Hall–Kier alpha value is -1.95. The molecule has 2 nitrogen and oxygen atoms in total. The SMILES string of the molecule is COc1ccc(N=C=C(C(F)(F)F)C(F)(F)F)cc1. The molecule has 104 valence electrons. The van der Waals surface area contributed by atoms with Crippen LogP contribution in [0.2, 0.25) is 0 Å². The molecule has 0 heterocycles. The second-order valence-electron chi connectivity index (χ2n) is 3.29. The Morgan fingerprint density at radius 2 is 1.47 bits per heavy atom. The molecule has 0 aromatic heterocycles. The van der Waals surface area contributed by atoms with Crippen LogP contribution in [-0.2, 0) is 0 Å². The van der Waals surface area contributed by atoms with Gasteiger partial charge in [-0.05, 0) is 24.3 Å². The largest absolute Gasteiger partial charge is 0.497 e. The highest BCUT2D eigenvalue weighted by molar-refractivity contribution is 5.66. The number of allylic oxidation sites excluding steroid dienone is 1. The van der Waals surface area contributed by atoms with Crippen molar-refractivity contribution >= 4 is 11.6 Å². The van der Waals surface area contributed by atoms with Crippen LogP contribution < -0.4 is 4.74 Å². The fourth-order valence-corrected chi connectivity index (χ4v) is 1.06. The average molecular weight is 283 g/mol. The quantitative estimate of drug-likeness (QED) is 0.592. The van der Waals surface area contributed by atoms with E-state index in [9.17, 15) is 26.3 Å². The lowest BCUT2D eigenvalue weighted by Gasteiger charge is -2.11. The van der Waals surface area contributed by atoms with Gasteiger partial charge in [0.05, 0.1) is 12.8 Å². The zero-order valence-electron chi connectivity index (χ0n) is 9.43. The van der Waals surface area contributed by atoms with Crippen LogP contribution >= 0.6 is 0 Å². The number of hydrogen-bond acceptors (Lipinski definition) is 2. The first-order valence-corrected chi connectivity index (χ1v) is 4.76. The number of aliphatic imine (C=N–C) groups is 1. The van der Waals surface area contributed by atoms with Gasteiger partial charge in [0, 0.05) is 5.87 Å². The summed E-state index contributed by atoms with van der Waals surface area (Å²) in [4.78, 5) is 3.03. The maximum Gasteiger partial charge on any atom is 0.430 e. The smallest absolute Gasteiger partial charge is 0.430 e. The summed E-state index contributed by atoms with van der Waals surface area (Å²) in [7, 11) is 1.36. The summed E-state index contributed by atoms with van der Waals surface area (Å²) in [5, 5.41) is 0. The predicted molar refractivity (Wildman–Crippen MR) is 55.7 cm³/mol. The summed E-state index contributed by atoms with van der Waals surface area (Å²) in [6.07, 6.45) is -11.1. The molecule has 1 aromatic carbocycles. The summed E-state index contributed by atoms with van der Waals surface area (Å²) in [6, 6.07) is 5.11. The van der Waals surface area contributed by atoms with Crippen molar-refractivity contribution in [2.45, 2.75) is 12.4 Å². The van der Waals surface area contributed by atoms with Gasteiger partial charge in [0.15, 0.2) is 5.57 Å². The maximum absolute atomic E-state index is 12.1. The number of alkyl halides is 6. The van der Waals surface area contributed by atoms with E-state index in [1.165, 1.54) is 31.4 Å². The van der Waals surface area contributed by atoms with Crippen LogP contribution in [-0.4, -0.2) is 25.3 Å². The van der Waals surface area contributed by atoms with Gasteiger partial charge in [0.2, 0.25) is 0 Å².